The number of nitrogens with one attached hydrogen (secondary N) is 1. The van der Waals surface area contributed by atoms with E-state index in [0.717, 1.165) is 41.4 Å². The van der Waals surface area contributed by atoms with E-state index < -0.39 is 11.6 Å². The lowest BCUT2D eigenvalue weighted by molar-refractivity contribution is 0.490. The van der Waals surface area contributed by atoms with Gasteiger partial charge < -0.3 is 5.32 Å². The lowest BCUT2D eigenvalue weighted by atomic mass is 9.85. The van der Waals surface area contributed by atoms with E-state index in [2.05, 4.69) is 21.6 Å². The first-order valence-corrected chi connectivity index (χ1v) is 8.29. The van der Waals surface area contributed by atoms with Gasteiger partial charge in [0.1, 0.15) is 0 Å². The van der Waals surface area contributed by atoms with E-state index in [1.807, 2.05) is 24.3 Å². The molecule has 5 heteroatoms. The van der Waals surface area contributed by atoms with Crippen molar-refractivity contribution in [3.8, 4) is 11.3 Å². The second-order valence-corrected chi connectivity index (χ2v) is 6.18. The number of aromatic nitrogens is 2. The molecule has 1 unspecified atom stereocenters. The molecule has 0 radical (unpaired) electrons. The molecule has 2 aromatic carbocycles. The number of nitrogens with zero attached hydrogens (tertiary/aromatic N) is 2. The minimum atomic E-state index is -0.799. The first kappa shape index (κ1) is 15.8. The number of rotatable bonds is 2. The van der Waals surface area contributed by atoms with Crippen LogP contribution in [0.3, 0.4) is 0 Å². The zero-order chi connectivity index (χ0) is 17.2. The highest BCUT2D eigenvalue weighted by atomic mass is 19.2. The van der Waals surface area contributed by atoms with Crippen molar-refractivity contribution < 1.29 is 8.78 Å². The molecule has 1 N–H and O–H groups in total. The Morgan fingerprint density at radius 3 is 2.76 bits per heavy atom. The van der Waals surface area contributed by atoms with Crippen molar-refractivity contribution in [2.75, 3.05) is 6.54 Å². The van der Waals surface area contributed by atoms with Crippen LogP contribution in [0.15, 0.2) is 54.7 Å². The standard InChI is InChI=1S/C20H17F2N3/c21-18-4-1-3-17(20(18)22)16-8-10-23-12-14-11-13(6-7-15(14)16)19-5-2-9-24-25-19/h1-7,9,11,16,23H,8,10,12H2. The predicted molar refractivity (Wildman–Crippen MR) is 92.0 cm³/mol. The molecule has 126 valence electrons. The first-order valence-electron chi connectivity index (χ1n) is 8.29. The van der Waals surface area contributed by atoms with Gasteiger partial charge in [-0.2, -0.15) is 10.2 Å². The predicted octanol–water partition coefficient (Wildman–Crippen LogP) is 4.05. The molecule has 0 saturated heterocycles. The molecule has 0 spiro atoms. The van der Waals surface area contributed by atoms with Gasteiger partial charge in [0.15, 0.2) is 11.6 Å². The second kappa shape index (κ2) is 6.69. The topological polar surface area (TPSA) is 37.8 Å². The minimum Gasteiger partial charge on any atom is -0.313 e. The van der Waals surface area contributed by atoms with E-state index in [0.29, 0.717) is 12.1 Å². The zero-order valence-corrected chi connectivity index (χ0v) is 13.5. The van der Waals surface area contributed by atoms with E-state index in [4.69, 9.17) is 0 Å². The Morgan fingerprint density at radius 1 is 1.00 bits per heavy atom. The van der Waals surface area contributed by atoms with Gasteiger partial charge in [-0.3, -0.25) is 0 Å². The van der Waals surface area contributed by atoms with E-state index in [1.165, 1.54) is 0 Å². The summed E-state index contributed by atoms with van der Waals surface area (Å²) >= 11 is 0. The van der Waals surface area contributed by atoms with Crippen molar-refractivity contribution in [2.45, 2.75) is 18.9 Å². The van der Waals surface area contributed by atoms with Crippen molar-refractivity contribution in [2.24, 2.45) is 0 Å². The van der Waals surface area contributed by atoms with Crippen molar-refractivity contribution in [3.05, 3.63) is 83.1 Å². The highest BCUT2D eigenvalue weighted by molar-refractivity contribution is 5.61. The van der Waals surface area contributed by atoms with Crippen LogP contribution in [0.2, 0.25) is 0 Å². The Kier molecular flexibility index (Phi) is 4.24. The maximum Gasteiger partial charge on any atom is 0.162 e. The molecule has 0 bridgehead atoms. The third kappa shape index (κ3) is 3.03. The SMILES string of the molecule is Fc1cccc(C2CCNCc3cc(-c4cccnn4)ccc32)c1F. The quantitative estimate of drug-likeness (QED) is 0.767. The van der Waals surface area contributed by atoms with Crippen LogP contribution in [0.25, 0.3) is 11.3 Å². The summed E-state index contributed by atoms with van der Waals surface area (Å²) in [6, 6.07) is 14.2. The van der Waals surface area contributed by atoms with Gasteiger partial charge >= 0.3 is 0 Å². The van der Waals surface area contributed by atoms with Crippen LogP contribution in [-0.2, 0) is 6.54 Å². The van der Waals surface area contributed by atoms with Gasteiger partial charge in [-0.1, -0.05) is 24.3 Å². The molecule has 1 aromatic heterocycles. The van der Waals surface area contributed by atoms with Crippen LogP contribution in [0.1, 0.15) is 29.0 Å². The number of fused-ring (bicyclic) bond motifs is 1. The fourth-order valence-electron chi connectivity index (χ4n) is 3.45. The molecule has 2 heterocycles. The minimum absolute atomic E-state index is 0.170. The van der Waals surface area contributed by atoms with E-state index in [1.54, 1.807) is 18.3 Å². The first-order chi connectivity index (χ1) is 12.2. The maximum absolute atomic E-state index is 14.3. The third-order valence-electron chi connectivity index (χ3n) is 4.67. The monoisotopic (exact) mass is 337 g/mol. The smallest absolute Gasteiger partial charge is 0.162 e. The number of benzene rings is 2. The average Bonchev–Trinajstić information content (AvgIpc) is 2.86. The van der Waals surface area contributed by atoms with Crippen molar-refractivity contribution in [1.29, 1.82) is 0 Å². The molecule has 1 aliphatic heterocycles. The van der Waals surface area contributed by atoms with Crippen molar-refractivity contribution in [1.82, 2.24) is 15.5 Å². The summed E-state index contributed by atoms with van der Waals surface area (Å²) in [7, 11) is 0. The Balaban J connectivity index is 1.80. The summed E-state index contributed by atoms with van der Waals surface area (Å²) in [6.45, 7) is 1.44. The Morgan fingerprint density at radius 2 is 1.92 bits per heavy atom. The highest BCUT2D eigenvalue weighted by Gasteiger charge is 2.24. The molecule has 0 amide bonds. The summed E-state index contributed by atoms with van der Waals surface area (Å²) < 4.78 is 28.0. The van der Waals surface area contributed by atoms with Crippen LogP contribution in [-0.4, -0.2) is 16.7 Å². The largest absolute Gasteiger partial charge is 0.313 e. The Hall–Kier alpha value is -2.66. The lowest BCUT2D eigenvalue weighted by Gasteiger charge is -2.19. The average molecular weight is 337 g/mol. The molecular formula is C20H17F2N3. The summed E-state index contributed by atoms with van der Waals surface area (Å²) in [6.07, 6.45) is 2.36. The molecule has 3 aromatic rings. The molecule has 0 saturated carbocycles. The normalized spacial score (nSPS) is 17.0. The number of hydrogen-bond acceptors (Lipinski definition) is 3. The summed E-state index contributed by atoms with van der Waals surface area (Å²) in [5, 5.41) is 11.4. The van der Waals surface area contributed by atoms with Gasteiger partial charge in [-0.25, -0.2) is 8.78 Å². The second-order valence-electron chi connectivity index (χ2n) is 6.18. The fraction of sp³-hybridized carbons (Fsp3) is 0.200. The highest BCUT2D eigenvalue weighted by Crippen LogP contribution is 2.35. The Bertz CT molecular complexity index is 897. The van der Waals surface area contributed by atoms with Crippen LogP contribution >= 0.6 is 0 Å². The zero-order valence-electron chi connectivity index (χ0n) is 13.5. The molecule has 1 atom stereocenters. The van der Waals surface area contributed by atoms with Gasteiger partial charge in [0.2, 0.25) is 0 Å². The summed E-state index contributed by atoms with van der Waals surface area (Å²) in [4.78, 5) is 0. The van der Waals surface area contributed by atoms with Crippen LogP contribution in [0, 0.1) is 11.6 Å². The lowest BCUT2D eigenvalue weighted by Crippen LogP contribution is -2.13. The Labute approximate surface area is 144 Å². The molecule has 4 rings (SSSR count). The van der Waals surface area contributed by atoms with Gasteiger partial charge in [0.05, 0.1) is 5.69 Å². The summed E-state index contributed by atoms with van der Waals surface area (Å²) in [5.41, 5.74) is 4.28. The number of hydrogen-bond donors (Lipinski definition) is 1. The van der Waals surface area contributed by atoms with Gasteiger partial charge in [0.25, 0.3) is 0 Å². The van der Waals surface area contributed by atoms with Gasteiger partial charge in [-0.15, -0.1) is 0 Å². The molecule has 3 nitrogen and oxygen atoms in total. The van der Waals surface area contributed by atoms with Crippen LogP contribution in [0.5, 0.6) is 0 Å². The van der Waals surface area contributed by atoms with Crippen molar-refractivity contribution in [3.63, 3.8) is 0 Å². The summed E-state index contributed by atoms with van der Waals surface area (Å²) in [5.74, 6) is -1.72. The van der Waals surface area contributed by atoms with Gasteiger partial charge in [0, 0.05) is 24.2 Å². The van der Waals surface area contributed by atoms with Crippen molar-refractivity contribution >= 4 is 0 Å². The molecule has 25 heavy (non-hydrogen) atoms. The maximum atomic E-state index is 14.3. The molecular weight excluding hydrogens is 320 g/mol. The van der Waals surface area contributed by atoms with E-state index in [-0.39, 0.29) is 5.92 Å². The van der Waals surface area contributed by atoms with Crippen LogP contribution < -0.4 is 5.32 Å². The number of halogens is 2. The third-order valence-corrected chi connectivity index (χ3v) is 4.67. The molecule has 0 fully saturated rings. The van der Waals surface area contributed by atoms with E-state index in [9.17, 15) is 8.78 Å². The fourth-order valence-corrected chi connectivity index (χ4v) is 3.45. The molecule has 1 aliphatic rings. The van der Waals surface area contributed by atoms with Crippen LogP contribution in [0.4, 0.5) is 8.78 Å². The molecule has 0 aliphatic carbocycles. The van der Waals surface area contributed by atoms with E-state index >= 15 is 0 Å². The van der Waals surface area contributed by atoms with Gasteiger partial charge in [-0.05, 0) is 53.9 Å².